The molecule has 0 N–H and O–H groups in total. The highest BCUT2D eigenvalue weighted by Gasteiger charge is 2.11. The number of hydrogen-bond acceptors (Lipinski definition) is 0. The molecule has 0 fully saturated rings. The van der Waals surface area contributed by atoms with Crippen LogP contribution in [0.15, 0.2) is 24.3 Å². The highest BCUT2D eigenvalue weighted by Crippen LogP contribution is 2.27. The molecule has 2 aromatic rings. The lowest BCUT2D eigenvalue weighted by Gasteiger charge is -2.09. The molecule has 0 saturated carbocycles. The first kappa shape index (κ1) is 10.1. The van der Waals surface area contributed by atoms with Crippen LogP contribution in [0.2, 0.25) is 0 Å². The van der Waals surface area contributed by atoms with Gasteiger partial charge in [-0.1, -0.05) is 25.1 Å². The van der Waals surface area contributed by atoms with Gasteiger partial charge in [-0.05, 0) is 29.9 Å². The summed E-state index contributed by atoms with van der Waals surface area (Å²) in [5.74, 6) is -0.930. The Labute approximate surface area is 87.5 Å². The van der Waals surface area contributed by atoms with Gasteiger partial charge in [-0.2, -0.15) is 0 Å². The van der Waals surface area contributed by atoms with E-state index in [9.17, 15) is 8.78 Å². The van der Waals surface area contributed by atoms with Gasteiger partial charge in [-0.15, -0.1) is 0 Å². The molecule has 0 atom stereocenters. The van der Waals surface area contributed by atoms with Gasteiger partial charge in [0.05, 0.1) is 0 Å². The van der Waals surface area contributed by atoms with Crippen molar-refractivity contribution in [1.29, 1.82) is 0 Å². The Kier molecular flexibility index (Phi) is 2.43. The van der Waals surface area contributed by atoms with Crippen molar-refractivity contribution in [2.24, 2.45) is 0 Å². The average molecular weight is 206 g/mol. The van der Waals surface area contributed by atoms with Crippen LogP contribution < -0.4 is 0 Å². The predicted molar refractivity (Wildman–Crippen MR) is 58.0 cm³/mol. The molecular weight excluding hydrogens is 194 g/mol. The summed E-state index contributed by atoms with van der Waals surface area (Å²) in [4.78, 5) is 0. The van der Waals surface area contributed by atoms with Gasteiger partial charge in [-0.3, -0.25) is 0 Å². The normalized spacial score (nSPS) is 10.9. The maximum atomic E-state index is 13.5. The lowest BCUT2D eigenvalue weighted by atomic mass is 9.97. The van der Waals surface area contributed by atoms with E-state index in [1.165, 1.54) is 0 Å². The van der Waals surface area contributed by atoms with Gasteiger partial charge in [0.25, 0.3) is 0 Å². The highest BCUT2D eigenvalue weighted by atomic mass is 19.1. The number of aryl methyl sites for hydroxylation is 2. The maximum Gasteiger partial charge on any atom is 0.133 e. The molecule has 0 heterocycles. The van der Waals surface area contributed by atoms with E-state index in [1.54, 1.807) is 12.1 Å². The molecule has 2 rings (SSSR count). The second kappa shape index (κ2) is 3.61. The summed E-state index contributed by atoms with van der Waals surface area (Å²) in [6.45, 7) is 3.75. The summed E-state index contributed by atoms with van der Waals surface area (Å²) >= 11 is 0. The van der Waals surface area contributed by atoms with Gasteiger partial charge in [0.1, 0.15) is 11.6 Å². The van der Waals surface area contributed by atoms with Gasteiger partial charge in [0.15, 0.2) is 0 Å². The van der Waals surface area contributed by atoms with Crippen LogP contribution in [-0.4, -0.2) is 0 Å². The predicted octanol–water partition coefficient (Wildman–Crippen LogP) is 3.99. The van der Waals surface area contributed by atoms with Crippen LogP contribution in [0, 0.1) is 18.6 Å². The molecule has 0 aliphatic carbocycles. The third-order valence-corrected chi connectivity index (χ3v) is 2.73. The Bertz CT molecular complexity index is 515. The lowest BCUT2D eigenvalue weighted by Crippen LogP contribution is -1.95. The highest BCUT2D eigenvalue weighted by molar-refractivity contribution is 5.89. The second-order valence-corrected chi connectivity index (χ2v) is 3.67. The number of benzene rings is 2. The molecule has 0 aliphatic heterocycles. The van der Waals surface area contributed by atoms with E-state index < -0.39 is 11.6 Å². The third kappa shape index (κ3) is 1.50. The zero-order chi connectivity index (χ0) is 11.0. The molecule has 0 nitrogen and oxygen atoms in total. The van der Waals surface area contributed by atoms with E-state index in [1.807, 2.05) is 19.9 Å². The first-order chi connectivity index (χ1) is 7.15. The van der Waals surface area contributed by atoms with Crippen molar-refractivity contribution < 1.29 is 8.78 Å². The molecule has 15 heavy (non-hydrogen) atoms. The minimum Gasteiger partial charge on any atom is -0.207 e. The molecule has 0 saturated heterocycles. The first-order valence-corrected chi connectivity index (χ1v) is 5.01. The number of halogens is 2. The van der Waals surface area contributed by atoms with Crippen LogP contribution in [0.5, 0.6) is 0 Å². The van der Waals surface area contributed by atoms with Crippen LogP contribution in [0.3, 0.4) is 0 Å². The zero-order valence-corrected chi connectivity index (χ0v) is 8.77. The third-order valence-electron chi connectivity index (χ3n) is 2.73. The van der Waals surface area contributed by atoms with Crippen LogP contribution in [0.25, 0.3) is 10.8 Å². The van der Waals surface area contributed by atoms with Crippen molar-refractivity contribution in [3.63, 3.8) is 0 Å². The Hall–Kier alpha value is -1.44. The fraction of sp³-hybridized carbons (Fsp3) is 0.231. The molecule has 0 aromatic heterocycles. The summed E-state index contributed by atoms with van der Waals surface area (Å²) in [5, 5.41) is 1.23. The van der Waals surface area contributed by atoms with Gasteiger partial charge in [0.2, 0.25) is 0 Å². The summed E-state index contributed by atoms with van der Waals surface area (Å²) in [6, 6.07) is 6.33. The van der Waals surface area contributed by atoms with E-state index in [4.69, 9.17) is 0 Å². The smallest absolute Gasteiger partial charge is 0.133 e. The largest absolute Gasteiger partial charge is 0.207 e. The minimum atomic E-state index is -0.483. The Morgan fingerprint density at radius 2 is 1.87 bits per heavy atom. The molecule has 2 heteroatoms. The topological polar surface area (TPSA) is 0 Å². The fourth-order valence-corrected chi connectivity index (χ4v) is 2.01. The summed E-state index contributed by atoms with van der Waals surface area (Å²) in [6.07, 6.45) is 0.577. The molecule has 0 radical (unpaired) electrons. The van der Waals surface area contributed by atoms with E-state index in [-0.39, 0.29) is 0 Å². The molecule has 2 aromatic carbocycles. The zero-order valence-electron chi connectivity index (χ0n) is 8.77. The van der Waals surface area contributed by atoms with Crippen molar-refractivity contribution in [2.45, 2.75) is 20.3 Å². The molecule has 0 bridgehead atoms. The van der Waals surface area contributed by atoms with E-state index >= 15 is 0 Å². The molecule has 0 amide bonds. The van der Waals surface area contributed by atoms with Gasteiger partial charge in [-0.25, -0.2) is 8.78 Å². The summed E-state index contributed by atoms with van der Waals surface area (Å²) in [7, 11) is 0. The van der Waals surface area contributed by atoms with Crippen molar-refractivity contribution in [3.8, 4) is 0 Å². The standard InChI is InChI=1S/C13H12F2/c1-3-9-11(14)7-12(15)10-6-4-5-8(2)13(9)10/h4-7H,3H2,1-2H3. The second-order valence-electron chi connectivity index (χ2n) is 3.67. The Morgan fingerprint density at radius 1 is 1.13 bits per heavy atom. The molecule has 0 aliphatic rings. The van der Waals surface area contributed by atoms with Crippen molar-refractivity contribution in [1.82, 2.24) is 0 Å². The van der Waals surface area contributed by atoms with Crippen molar-refractivity contribution in [3.05, 3.63) is 47.0 Å². The van der Waals surface area contributed by atoms with Crippen LogP contribution in [0.1, 0.15) is 18.1 Å². The fourth-order valence-electron chi connectivity index (χ4n) is 2.01. The van der Waals surface area contributed by atoms with Gasteiger partial charge < -0.3 is 0 Å². The van der Waals surface area contributed by atoms with Gasteiger partial charge in [0, 0.05) is 11.5 Å². The molecule has 78 valence electrons. The Balaban J connectivity index is 2.98. The first-order valence-electron chi connectivity index (χ1n) is 5.01. The molecule has 0 unspecified atom stereocenters. The van der Waals surface area contributed by atoms with Crippen molar-refractivity contribution >= 4 is 10.8 Å². The monoisotopic (exact) mass is 206 g/mol. The Morgan fingerprint density at radius 3 is 2.53 bits per heavy atom. The maximum absolute atomic E-state index is 13.5. The molecule has 0 spiro atoms. The molecular formula is C13H12F2. The lowest BCUT2D eigenvalue weighted by molar-refractivity contribution is 0.582. The van der Waals surface area contributed by atoms with E-state index in [2.05, 4.69) is 0 Å². The van der Waals surface area contributed by atoms with Crippen molar-refractivity contribution in [2.75, 3.05) is 0 Å². The van der Waals surface area contributed by atoms with E-state index in [0.29, 0.717) is 17.4 Å². The van der Waals surface area contributed by atoms with Gasteiger partial charge >= 0.3 is 0 Å². The SMILES string of the molecule is CCc1c(F)cc(F)c2cccc(C)c12. The van der Waals surface area contributed by atoms with Crippen LogP contribution in [0.4, 0.5) is 8.78 Å². The summed E-state index contributed by atoms with van der Waals surface area (Å²) in [5.41, 5.74) is 1.52. The quantitative estimate of drug-likeness (QED) is 0.661. The minimum absolute atomic E-state index is 0.447. The number of hydrogen-bond donors (Lipinski definition) is 0. The number of rotatable bonds is 1. The summed E-state index contributed by atoms with van der Waals surface area (Å²) < 4.78 is 27.0. The van der Waals surface area contributed by atoms with Crippen LogP contribution in [-0.2, 0) is 6.42 Å². The number of fused-ring (bicyclic) bond motifs is 1. The van der Waals surface area contributed by atoms with E-state index in [0.717, 1.165) is 17.0 Å². The average Bonchev–Trinajstić information content (AvgIpc) is 2.20. The van der Waals surface area contributed by atoms with Crippen LogP contribution >= 0.6 is 0 Å².